The summed E-state index contributed by atoms with van der Waals surface area (Å²) < 4.78 is 2.13. The number of benzene rings is 1. The van der Waals surface area contributed by atoms with Gasteiger partial charge in [0.25, 0.3) is 0 Å². The lowest BCUT2D eigenvalue weighted by atomic mass is 10.1. The average molecular weight is 445 g/mol. The minimum atomic E-state index is -0.0233. The summed E-state index contributed by atoms with van der Waals surface area (Å²) in [7, 11) is 0. The fraction of sp³-hybridized carbons (Fsp3) is 0.357. The van der Waals surface area contributed by atoms with Crippen LogP contribution in [0, 0.1) is 0 Å². The molecule has 0 spiro atoms. The van der Waals surface area contributed by atoms with Crippen LogP contribution in [0.5, 0.6) is 0 Å². The van der Waals surface area contributed by atoms with E-state index in [9.17, 15) is 4.79 Å². The third-order valence-corrected chi connectivity index (χ3v) is 5.63. The summed E-state index contributed by atoms with van der Waals surface area (Å²) in [6.07, 6.45) is 14.1. The molecule has 2 aliphatic rings. The molecular weight excluding hydrogens is 408 g/mol. The van der Waals surface area contributed by atoms with E-state index < -0.39 is 0 Å². The van der Waals surface area contributed by atoms with Crippen molar-refractivity contribution in [3.63, 3.8) is 0 Å². The number of allylic oxidation sites excluding steroid dienone is 3. The molecule has 174 valence electrons. The number of aliphatic imine (C=N–C) groups is 1. The van der Waals surface area contributed by atoms with Gasteiger partial charge in [-0.25, -0.2) is 4.99 Å². The zero-order valence-corrected chi connectivity index (χ0v) is 20.3. The molecule has 5 heteroatoms. The summed E-state index contributed by atoms with van der Waals surface area (Å²) in [4.78, 5) is 20.1. The van der Waals surface area contributed by atoms with Crippen molar-refractivity contribution in [2.24, 2.45) is 4.99 Å². The Bertz CT molecular complexity index is 1200. The lowest BCUT2D eigenvalue weighted by Crippen LogP contribution is -2.45. The largest absolute Gasteiger partial charge is 0.360 e. The second kappa shape index (κ2) is 12.0. The third kappa shape index (κ3) is 5.72. The van der Waals surface area contributed by atoms with E-state index in [-0.39, 0.29) is 5.43 Å². The highest BCUT2D eigenvalue weighted by Gasteiger charge is 2.14. The highest BCUT2D eigenvalue weighted by Crippen LogP contribution is 2.16. The molecule has 0 saturated carbocycles. The van der Waals surface area contributed by atoms with E-state index in [1.54, 1.807) is 12.3 Å². The molecule has 1 aromatic carbocycles. The molecule has 0 bridgehead atoms. The van der Waals surface area contributed by atoms with Gasteiger partial charge >= 0.3 is 0 Å². The molecule has 33 heavy (non-hydrogen) atoms. The van der Waals surface area contributed by atoms with Crippen LogP contribution in [0.1, 0.15) is 53.4 Å². The first-order valence-corrected chi connectivity index (χ1v) is 12.2. The first-order valence-electron chi connectivity index (χ1n) is 12.2. The molecule has 0 fully saturated rings. The van der Waals surface area contributed by atoms with E-state index in [2.05, 4.69) is 65.1 Å². The molecule has 0 saturated heterocycles. The Morgan fingerprint density at radius 1 is 1.09 bits per heavy atom. The summed E-state index contributed by atoms with van der Waals surface area (Å²) >= 11 is 0. The first-order chi connectivity index (χ1) is 16.2. The summed E-state index contributed by atoms with van der Waals surface area (Å²) in [5.41, 5.74) is 2.01. The van der Waals surface area contributed by atoms with Crippen LogP contribution in [0.2, 0.25) is 0 Å². The Balaban J connectivity index is 0.00000149. The van der Waals surface area contributed by atoms with Crippen molar-refractivity contribution in [2.45, 2.75) is 53.4 Å². The number of amidine groups is 1. The molecule has 1 aliphatic heterocycles. The van der Waals surface area contributed by atoms with Crippen molar-refractivity contribution in [1.82, 2.24) is 9.47 Å². The normalized spacial score (nSPS) is 14.3. The topological polar surface area (TPSA) is 49.6 Å². The average Bonchev–Trinajstić information content (AvgIpc) is 3.09. The van der Waals surface area contributed by atoms with Crippen molar-refractivity contribution < 1.29 is 0 Å². The third-order valence-electron chi connectivity index (χ3n) is 5.63. The molecule has 4 rings (SSSR count). The van der Waals surface area contributed by atoms with Gasteiger partial charge in [-0.3, -0.25) is 9.36 Å². The van der Waals surface area contributed by atoms with Crippen molar-refractivity contribution in [3.05, 3.63) is 81.1 Å². The van der Waals surface area contributed by atoms with E-state index in [0.29, 0.717) is 11.6 Å². The van der Waals surface area contributed by atoms with Crippen LogP contribution in [0.3, 0.4) is 0 Å². The summed E-state index contributed by atoms with van der Waals surface area (Å²) in [5.74, 6) is 1.77. The molecule has 1 aromatic heterocycles. The van der Waals surface area contributed by atoms with Gasteiger partial charge < -0.3 is 10.2 Å². The van der Waals surface area contributed by atoms with Gasteiger partial charge in [-0.15, -0.1) is 0 Å². The van der Waals surface area contributed by atoms with Crippen LogP contribution < -0.4 is 21.3 Å². The maximum Gasteiger partial charge on any atom is 0.193 e. The Kier molecular flexibility index (Phi) is 8.87. The van der Waals surface area contributed by atoms with E-state index in [0.717, 1.165) is 60.7 Å². The summed E-state index contributed by atoms with van der Waals surface area (Å²) in [6.45, 7) is 10.2. The lowest BCUT2D eigenvalue weighted by molar-refractivity contribution is 0.435. The van der Waals surface area contributed by atoms with Crippen LogP contribution in [-0.4, -0.2) is 28.4 Å². The van der Waals surface area contributed by atoms with Crippen LogP contribution in [0.25, 0.3) is 18.0 Å². The van der Waals surface area contributed by atoms with Gasteiger partial charge in [0, 0.05) is 43.2 Å². The van der Waals surface area contributed by atoms with E-state index in [4.69, 9.17) is 4.99 Å². The number of rotatable bonds is 6. The highest BCUT2D eigenvalue weighted by molar-refractivity contribution is 5.89. The molecule has 5 nitrogen and oxygen atoms in total. The number of nitrogens with one attached hydrogen (secondary N) is 1. The van der Waals surface area contributed by atoms with Gasteiger partial charge in [-0.05, 0) is 44.4 Å². The van der Waals surface area contributed by atoms with Crippen molar-refractivity contribution in [1.29, 1.82) is 0 Å². The quantitative estimate of drug-likeness (QED) is 0.710. The fourth-order valence-electron chi connectivity index (χ4n) is 4.11. The van der Waals surface area contributed by atoms with E-state index in [1.807, 2.05) is 32.0 Å². The van der Waals surface area contributed by atoms with Crippen LogP contribution >= 0.6 is 0 Å². The number of para-hydroxylation sites is 1. The number of hydrogen-bond acceptors (Lipinski definition) is 4. The number of anilines is 1. The SMILES string of the molecule is CC.CCCN(CC)C1=NC=c2c(=O)cc(NC3=CCCC=C3)n(-c3ccccc3)c2=CC1. The molecule has 1 N–H and O–H groups in total. The van der Waals surface area contributed by atoms with Gasteiger partial charge in [0.15, 0.2) is 5.43 Å². The maximum absolute atomic E-state index is 13.1. The Morgan fingerprint density at radius 2 is 1.88 bits per heavy atom. The minimum absolute atomic E-state index is 0.0233. The van der Waals surface area contributed by atoms with Crippen LogP contribution in [0.4, 0.5) is 5.82 Å². The van der Waals surface area contributed by atoms with Gasteiger partial charge in [0.05, 0.1) is 10.6 Å². The van der Waals surface area contributed by atoms with Crippen LogP contribution in [0.15, 0.2) is 70.1 Å². The Hall–Kier alpha value is -3.34. The van der Waals surface area contributed by atoms with E-state index in [1.165, 1.54) is 0 Å². The van der Waals surface area contributed by atoms with Gasteiger partial charge in [0.1, 0.15) is 11.7 Å². The zero-order chi connectivity index (χ0) is 23.6. The first kappa shape index (κ1) is 24.3. The Labute approximate surface area is 197 Å². The highest BCUT2D eigenvalue weighted by atomic mass is 16.1. The second-order valence-electron chi connectivity index (χ2n) is 7.79. The lowest BCUT2D eigenvalue weighted by Gasteiger charge is -2.23. The number of aromatic nitrogens is 1. The predicted octanol–water partition coefficient (Wildman–Crippen LogP) is 4.56. The second-order valence-corrected chi connectivity index (χ2v) is 7.79. The van der Waals surface area contributed by atoms with Gasteiger partial charge in [0.2, 0.25) is 0 Å². The standard InChI is InChI=1S/C26H30N4O.C2H6/c1-3-17-29(4-2)25-16-15-23-22(19-27-25)24(31)18-26(28-20-11-7-5-8-12-20)30(23)21-13-9-6-10-14-21;1-2/h6-7,9-15,18-19,28H,3-5,8,16-17H2,1-2H3;1-2H3. The number of pyridine rings is 1. The molecule has 0 atom stereocenters. The molecule has 0 amide bonds. The predicted molar refractivity (Wildman–Crippen MR) is 141 cm³/mol. The van der Waals surface area contributed by atoms with Crippen molar-refractivity contribution in [2.75, 3.05) is 18.4 Å². The molecule has 0 unspecified atom stereocenters. The molecule has 2 heterocycles. The molecule has 2 aromatic rings. The van der Waals surface area contributed by atoms with Gasteiger partial charge in [-0.1, -0.05) is 57.2 Å². The molecule has 0 radical (unpaired) electrons. The maximum atomic E-state index is 13.1. The smallest absolute Gasteiger partial charge is 0.193 e. The number of nitrogens with zero attached hydrogens (tertiary/aromatic N) is 3. The Morgan fingerprint density at radius 3 is 2.55 bits per heavy atom. The van der Waals surface area contributed by atoms with Crippen molar-refractivity contribution >= 4 is 23.9 Å². The molecule has 1 aliphatic carbocycles. The van der Waals surface area contributed by atoms with Gasteiger partial charge in [-0.2, -0.15) is 0 Å². The fourth-order valence-corrected chi connectivity index (χ4v) is 4.11. The number of fused-ring (bicyclic) bond motifs is 1. The zero-order valence-electron chi connectivity index (χ0n) is 20.3. The van der Waals surface area contributed by atoms with Crippen molar-refractivity contribution in [3.8, 4) is 5.69 Å². The van der Waals surface area contributed by atoms with E-state index >= 15 is 0 Å². The summed E-state index contributed by atoms with van der Waals surface area (Å²) in [5, 5.41) is 4.99. The number of hydrogen-bond donors (Lipinski definition) is 1. The summed E-state index contributed by atoms with van der Waals surface area (Å²) in [6, 6.07) is 11.9. The van der Waals surface area contributed by atoms with Crippen LogP contribution in [-0.2, 0) is 0 Å². The minimum Gasteiger partial charge on any atom is -0.360 e. The monoisotopic (exact) mass is 444 g/mol. The molecular formula is C28H36N4O.